The molecule has 0 unspecified atom stereocenters. The summed E-state index contributed by atoms with van der Waals surface area (Å²) in [5.41, 5.74) is 2.18. The van der Waals surface area contributed by atoms with E-state index in [9.17, 15) is 5.26 Å². The molecule has 5 heteroatoms. The second kappa shape index (κ2) is 8.15. The second-order valence-corrected chi connectivity index (χ2v) is 4.89. The predicted octanol–water partition coefficient (Wildman–Crippen LogP) is 1.01. The Labute approximate surface area is 139 Å². The number of aliphatic hydroxyl groups is 1. The number of anilines is 1. The number of hydrogen-bond donors (Lipinski definition) is 2. The molecule has 24 heavy (non-hydrogen) atoms. The summed E-state index contributed by atoms with van der Waals surface area (Å²) < 4.78 is 0. The second-order valence-electron chi connectivity index (χ2n) is 4.89. The van der Waals surface area contributed by atoms with Crippen molar-refractivity contribution in [3.63, 3.8) is 0 Å². The summed E-state index contributed by atoms with van der Waals surface area (Å²) in [6.07, 6.45) is 0. The lowest BCUT2D eigenvalue weighted by molar-refractivity contribution is 0.311. The topological polar surface area (TPSA) is 104 Å². The molecule has 0 saturated carbocycles. The zero-order chi connectivity index (χ0) is 17.4. The SMILES string of the molecule is N#CC(C#N)=c1ccc(=C(C#N)c2ccc(NCCO)cc2)cc1. The van der Waals surface area contributed by atoms with Gasteiger partial charge in [0.05, 0.1) is 12.2 Å². The smallest absolute Gasteiger partial charge is 0.136 e. The molecule has 2 aromatic rings. The Morgan fingerprint density at radius 1 is 0.833 bits per heavy atom. The summed E-state index contributed by atoms with van der Waals surface area (Å²) in [6, 6.07) is 20.0. The molecule has 5 nitrogen and oxygen atoms in total. The van der Waals surface area contributed by atoms with Gasteiger partial charge in [-0.25, -0.2) is 0 Å². The summed E-state index contributed by atoms with van der Waals surface area (Å²) in [5.74, 6) is 0. The molecule has 2 N–H and O–H groups in total. The first-order valence-corrected chi connectivity index (χ1v) is 7.23. The Morgan fingerprint density at radius 2 is 1.42 bits per heavy atom. The van der Waals surface area contributed by atoms with Gasteiger partial charge in [-0.05, 0) is 22.9 Å². The lowest BCUT2D eigenvalue weighted by Gasteiger charge is -2.05. The number of aliphatic hydroxyl groups excluding tert-OH is 1. The molecule has 0 fully saturated rings. The molecule has 0 bridgehead atoms. The van der Waals surface area contributed by atoms with Crippen molar-refractivity contribution in [2.24, 2.45) is 0 Å². The molecule has 0 aliphatic carbocycles. The van der Waals surface area contributed by atoms with Gasteiger partial charge in [-0.1, -0.05) is 36.4 Å². The highest BCUT2D eigenvalue weighted by Crippen LogP contribution is 2.14. The van der Waals surface area contributed by atoms with Crippen molar-refractivity contribution in [3.05, 3.63) is 64.5 Å². The van der Waals surface area contributed by atoms with Crippen molar-refractivity contribution >= 4 is 16.8 Å². The summed E-state index contributed by atoms with van der Waals surface area (Å²) >= 11 is 0. The van der Waals surface area contributed by atoms with Crippen LogP contribution >= 0.6 is 0 Å². The van der Waals surface area contributed by atoms with Crippen LogP contribution in [0.15, 0.2) is 48.5 Å². The highest BCUT2D eigenvalue weighted by molar-refractivity contribution is 5.77. The highest BCUT2D eigenvalue weighted by Gasteiger charge is 2.02. The molecule has 0 amide bonds. The molecule has 0 spiro atoms. The average Bonchev–Trinajstić information content (AvgIpc) is 2.64. The molecular weight excluding hydrogens is 300 g/mol. The minimum Gasteiger partial charge on any atom is -0.395 e. The van der Waals surface area contributed by atoms with Gasteiger partial charge in [0.25, 0.3) is 0 Å². The molecule has 2 rings (SSSR count). The van der Waals surface area contributed by atoms with Crippen molar-refractivity contribution in [2.45, 2.75) is 0 Å². The third-order valence-corrected chi connectivity index (χ3v) is 3.41. The van der Waals surface area contributed by atoms with Gasteiger partial charge in [-0.15, -0.1) is 0 Å². The van der Waals surface area contributed by atoms with Crippen LogP contribution in [-0.4, -0.2) is 18.3 Å². The van der Waals surface area contributed by atoms with Gasteiger partial charge < -0.3 is 10.4 Å². The van der Waals surface area contributed by atoms with Gasteiger partial charge >= 0.3 is 0 Å². The normalized spacial score (nSPS) is 9.25. The van der Waals surface area contributed by atoms with Crippen LogP contribution in [0.5, 0.6) is 0 Å². The monoisotopic (exact) mass is 314 g/mol. The van der Waals surface area contributed by atoms with Gasteiger partial charge in [0.2, 0.25) is 0 Å². The Morgan fingerprint density at radius 3 is 1.92 bits per heavy atom. The first-order chi connectivity index (χ1) is 11.7. The van der Waals surface area contributed by atoms with E-state index in [1.54, 1.807) is 24.3 Å². The van der Waals surface area contributed by atoms with Gasteiger partial charge in [-0.3, -0.25) is 0 Å². The molecule has 2 aromatic carbocycles. The molecule has 0 heterocycles. The van der Waals surface area contributed by atoms with E-state index in [2.05, 4.69) is 11.4 Å². The number of nitrogens with zero attached hydrogens (tertiary/aromatic N) is 3. The standard InChI is InChI=1S/C19H14N4O/c20-11-17(12-21)14-1-3-15(4-2-14)19(13-22)16-5-7-18(8-6-16)23-9-10-24/h1-8,23-24H,9-10H2. The first-order valence-electron chi connectivity index (χ1n) is 7.23. The maximum absolute atomic E-state index is 9.47. The van der Waals surface area contributed by atoms with Crippen LogP contribution in [0.2, 0.25) is 0 Å². The van der Waals surface area contributed by atoms with Crippen LogP contribution in [0.25, 0.3) is 11.1 Å². The third kappa shape index (κ3) is 3.78. The van der Waals surface area contributed by atoms with E-state index in [4.69, 9.17) is 15.6 Å². The van der Waals surface area contributed by atoms with Crippen LogP contribution < -0.4 is 15.8 Å². The Bertz CT molecular complexity index is 931. The maximum Gasteiger partial charge on any atom is 0.136 e. The van der Waals surface area contributed by atoms with Crippen molar-refractivity contribution in [2.75, 3.05) is 18.5 Å². The quantitative estimate of drug-likeness (QED) is 0.876. The Kier molecular flexibility index (Phi) is 5.70. The molecule has 0 atom stereocenters. The maximum atomic E-state index is 9.47. The van der Waals surface area contributed by atoms with Crippen molar-refractivity contribution in [1.29, 1.82) is 15.8 Å². The fourth-order valence-corrected chi connectivity index (χ4v) is 2.21. The highest BCUT2D eigenvalue weighted by atomic mass is 16.3. The van der Waals surface area contributed by atoms with E-state index in [-0.39, 0.29) is 12.2 Å². The average molecular weight is 314 g/mol. The third-order valence-electron chi connectivity index (χ3n) is 3.41. The van der Waals surface area contributed by atoms with E-state index in [1.807, 2.05) is 36.4 Å². The lowest BCUT2D eigenvalue weighted by Crippen LogP contribution is -2.12. The van der Waals surface area contributed by atoms with Crippen LogP contribution in [0, 0.1) is 34.0 Å². The minimum atomic E-state index is 0.0411. The van der Waals surface area contributed by atoms with Gasteiger partial charge in [-0.2, -0.15) is 15.8 Å². The number of benzene rings is 2. The lowest BCUT2D eigenvalue weighted by atomic mass is 10.0. The van der Waals surface area contributed by atoms with Crippen molar-refractivity contribution in [3.8, 4) is 18.2 Å². The van der Waals surface area contributed by atoms with Crippen molar-refractivity contribution in [1.82, 2.24) is 0 Å². The Hall–Kier alpha value is -3.59. The molecule has 0 radical (unpaired) electrons. The predicted molar refractivity (Wildman–Crippen MR) is 90.5 cm³/mol. The zero-order valence-electron chi connectivity index (χ0n) is 12.8. The summed E-state index contributed by atoms with van der Waals surface area (Å²) in [5, 5.41) is 40.3. The van der Waals surface area contributed by atoms with E-state index in [0.29, 0.717) is 22.6 Å². The van der Waals surface area contributed by atoms with Gasteiger partial charge in [0, 0.05) is 17.5 Å². The van der Waals surface area contributed by atoms with Crippen LogP contribution in [-0.2, 0) is 0 Å². The number of nitrogens with one attached hydrogen (secondary N) is 1. The molecule has 116 valence electrons. The van der Waals surface area contributed by atoms with Gasteiger partial charge in [0.15, 0.2) is 0 Å². The van der Waals surface area contributed by atoms with Gasteiger partial charge in [0.1, 0.15) is 23.8 Å². The minimum absolute atomic E-state index is 0.0411. The Balaban J connectivity index is 2.46. The molecule has 0 saturated heterocycles. The number of hydrogen-bond acceptors (Lipinski definition) is 5. The molecule has 0 aliphatic rings. The molecule has 0 aliphatic heterocycles. The van der Waals surface area contributed by atoms with Crippen molar-refractivity contribution < 1.29 is 5.11 Å². The molecule has 0 aromatic heterocycles. The fraction of sp³-hybridized carbons (Fsp3) is 0.105. The fourth-order valence-electron chi connectivity index (χ4n) is 2.21. The van der Waals surface area contributed by atoms with E-state index >= 15 is 0 Å². The van der Waals surface area contributed by atoms with E-state index < -0.39 is 0 Å². The van der Waals surface area contributed by atoms with Crippen LogP contribution in [0.4, 0.5) is 5.69 Å². The largest absolute Gasteiger partial charge is 0.395 e. The number of nitriles is 3. The van der Waals surface area contributed by atoms with E-state index in [0.717, 1.165) is 11.3 Å². The molecular formula is C19H14N4O. The van der Waals surface area contributed by atoms with E-state index in [1.165, 1.54) is 0 Å². The summed E-state index contributed by atoms with van der Waals surface area (Å²) in [6.45, 7) is 0.514. The summed E-state index contributed by atoms with van der Waals surface area (Å²) in [7, 11) is 0. The van der Waals surface area contributed by atoms with Crippen LogP contribution in [0.3, 0.4) is 0 Å². The zero-order valence-corrected chi connectivity index (χ0v) is 12.8. The first kappa shape index (κ1) is 16.8. The number of rotatable bonds is 4. The summed E-state index contributed by atoms with van der Waals surface area (Å²) in [4.78, 5) is 0. The van der Waals surface area contributed by atoms with Crippen LogP contribution in [0.1, 0.15) is 5.56 Å².